The van der Waals surface area contributed by atoms with Gasteiger partial charge in [-0.3, -0.25) is 4.90 Å². The molecule has 1 unspecified atom stereocenters. The van der Waals surface area contributed by atoms with Crippen molar-refractivity contribution in [1.29, 1.82) is 0 Å². The largest absolute Gasteiger partial charge is 0.508 e. The molecule has 2 heterocycles. The van der Waals surface area contributed by atoms with Gasteiger partial charge in [0.25, 0.3) is 0 Å². The van der Waals surface area contributed by atoms with E-state index in [0.717, 1.165) is 31.5 Å². The van der Waals surface area contributed by atoms with E-state index in [2.05, 4.69) is 4.90 Å². The fourth-order valence-corrected chi connectivity index (χ4v) is 3.57. The first kappa shape index (κ1) is 15.4. The Morgan fingerprint density at radius 1 is 1.24 bits per heavy atom. The minimum absolute atomic E-state index is 0.0732. The first-order valence-electron chi connectivity index (χ1n) is 7.15. The SMILES string of the molecule is Oc1cc(Cl)c(Cl)cc1CN1CCC2(CC1)COCC2O. The maximum Gasteiger partial charge on any atom is 0.121 e. The third-order valence-corrected chi connectivity index (χ3v) is 5.46. The smallest absolute Gasteiger partial charge is 0.121 e. The molecule has 21 heavy (non-hydrogen) atoms. The Morgan fingerprint density at radius 3 is 2.52 bits per heavy atom. The van der Waals surface area contributed by atoms with Crippen LogP contribution in [-0.4, -0.2) is 47.5 Å². The van der Waals surface area contributed by atoms with Crippen molar-refractivity contribution in [2.24, 2.45) is 5.41 Å². The van der Waals surface area contributed by atoms with E-state index in [1.807, 2.05) is 0 Å². The molecule has 116 valence electrons. The summed E-state index contributed by atoms with van der Waals surface area (Å²) in [6, 6.07) is 3.20. The number of phenols is 1. The maximum absolute atomic E-state index is 10.1. The Labute approximate surface area is 134 Å². The highest BCUT2D eigenvalue weighted by Crippen LogP contribution is 2.40. The van der Waals surface area contributed by atoms with Gasteiger partial charge in [-0.2, -0.15) is 0 Å². The first-order valence-corrected chi connectivity index (χ1v) is 7.91. The lowest BCUT2D eigenvalue weighted by molar-refractivity contribution is 0.00984. The van der Waals surface area contributed by atoms with Crippen LogP contribution in [0.3, 0.4) is 0 Å². The molecule has 6 heteroatoms. The second-order valence-electron chi connectivity index (χ2n) is 6.06. The lowest BCUT2D eigenvalue weighted by Gasteiger charge is -2.40. The molecule has 2 fully saturated rings. The molecule has 0 radical (unpaired) electrons. The molecule has 2 aliphatic rings. The number of ether oxygens (including phenoxy) is 1. The summed E-state index contributed by atoms with van der Waals surface area (Å²) in [7, 11) is 0. The van der Waals surface area contributed by atoms with E-state index < -0.39 is 0 Å². The molecule has 0 saturated carbocycles. The van der Waals surface area contributed by atoms with Gasteiger partial charge in [0.1, 0.15) is 5.75 Å². The summed E-state index contributed by atoms with van der Waals surface area (Å²) in [5, 5.41) is 20.9. The van der Waals surface area contributed by atoms with Crippen LogP contribution < -0.4 is 0 Å². The quantitative estimate of drug-likeness (QED) is 0.874. The third-order valence-electron chi connectivity index (χ3n) is 4.74. The lowest BCUT2D eigenvalue weighted by atomic mass is 9.76. The lowest BCUT2D eigenvalue weighted by Crippen LogP contribution is -2.45. The zero-order chi connectivity index (χ0) is 15.0. The minimum Gasteiger partial charge on any atom is -0.508 e. The second-order valence-corrected chi connectivity index (χ2v) is 6.88. The molecule has 2 N–H and O–H groups in total. The summed E-state index contributed by atoms with van der Waals surface area (Å²) in [4.78, 5) is 2.26. The summed E-state index contributed by atoms with van der Waals surface area (Å²) in [5.41, 5.74) is 0.708. The van der Waals surface area contributed by atoms with Crippen LogP contribution in [0.15, 0.2) is 12.1 Å². The van der Waals surface area contributed by atoms with Crippen molar-refractivity contribution in [3.63, 3.8) is 0 Å². The van der Waals surface area contributed by atoms with Crippen molar-refractivity contribution in [3.05, 3.63) is 27.7 Å². The Kier molecular flexibility index (Phi) is 4.35. The van der Waals surface area contributed by atoms with Gasteiger partial charge in [0.15, 0.2) is 0 Å². The molecule has 0 aromatic heterocycles. The predicted molar refractivity (Wildman–Crippen MR) is 81.9 cm³/mol. The number of halogens is 2. The zero-order valence-corrected chi connectivity index (χ0v) is 13.2. The molecule has 1 spiro atoms. The minimum atomic E-state index is -0.349. The van der Waals surface area contributed by atoms with E-state index in [-0.39, 0.29) is 17.3 Å². The van der Waals surface area contributed by atoms with Crippen molar-refractivity contribution in [2.75, 3.05) is 26.3 Å². The van der Waals surface area contributed by atoms with E-state index >= 15 is 0 Å². The highest BCUT2D eigenvalue weighted by atomic mass is 35.5. The average molecular weight is 332 g/mol. The van der Waals surface area contributed by atoms with E-state index in [4.69, 9.17) is 27.9 Å². The van der Waals surface area contributed by atoms with Crippen molar-refractivity contribution in [2.45, 2.75) is 25.5 Å². The Balaban J connectivity index is 1.64. The summed E-state index contributed by atoms with van der Waals surface area (Å²) in [5.74, 6) is 0.175. The van der Waals surface area contributed by atoms with Crippen molar-refractivity contribution in [3.8, 4) is 5.75 Å². The van der Waals surface area contributed by atoms with Crippen molar-refractivity contribution < 1.29 is 14.9 Å². The maximum atomic E-state index is 10.1. The van der Waals surface area contributed by atoms with Crippen molar-refractivity contribution >= 4 is 23.2 Å². The van der Waals surface area contributed by atoms with Gasteiger partial charge in [0, 0.05) is 23.6 Å². The van der Waals surface area contributed by atoms with Crippen LogP contribution in [0.25, 0.3) is 0 Å². The number of rotatable bonds is 2. The number of aromatic hydroxyl groups is 1. The molecule has 1 aromatic rings. The Hall–Kier alpha value is -0.520. The topological polar surface area (TPSA) is 52.9 Å². The molecule has 4 nitrogen and oxygen atoms in total. The zero-order valence-electron chi connectivity index (χ0n) is 11.7. The first-order chi connectivity index (χ1) is 10.00. The summed E-state index contributed by atoms with van der Waals surface area (Å²) in [6.07, 6.45) is 1.48. The van der Waals surface area contributed by atoms with Crippen molar-refractivity contribution in [1.82, 2.24) is 4.90 Å². The normalized spacial score (nSPS) is 25.6. The van der Waals surface area contributed by atoms with E-state index in [0.29, 0.717) is 29.8 Å². The molecule has 3 rings (SSSR count). The van der Waals surface area contributed by atoms with E-state index in [9.17, 15) is 10.2 Å². The van der Waals surface area contributed by atoms with Crippen LogP contribution in [0.2, 0.25) is 10.0 Å². The van der Waals surface area contributed by atoms with Gasteiger partial charge in [-0.05, 0) is 32.0 Å². The number of aliphatic hydroxyl groups is 1. The highest BCUT2D eigenvalue weighted by Gasteiger charge is 2.45. The number of hydrogen-bond acceptors (Lipinski definition) is 4. The molecule has 2 aliphatic heterocycles. The average Bonchev–Trinajstić information content (AvgIpc) is 2.80. The molecule has 1 aromatic carbocycles. The molecule has 1 atom stereocenters. The fourth-order valence-electron chi connectivity index (χ4n) is 3.23. The second kappa shape index (κ2) is 5.94. The number of likely N-dealkylation sites (tertiary alicyclic amines) is 1. The number of aliphatic hydroxyl groups excluding tert-OH is 1. The number of piperidine rings is 1. The number of phenolic OH excluding ortho intramolecular Hbond substituents is 1. The standard InChI is InChI=1S/C15H19Cl2NO3/c16-11-5-10(13(19)6-12(11)17)7-18-3-1-15(2-4-18)9-21-8-14(15)20/h5-6,14,19-20H,1-4,7-9H2. The summed E-state index contributed by atoms with van der Waals surface area (Å²) >= 11 is 11.9. The number of nitrogens with zero attached hydrogens (tertiary/aromatic N) is 1. The monoisotopic (exact) mass is 331 g/mol. The molecule has 0 bridgehead atoms. The molecular formula is C15H19Cl2NO3. The van der Waals surface area contributed by atoms with Gasteiger partial charge in [0.05, 0.1) is 29.4 Å². The van der Waals surface area contributed by atoms with Gasteiger partial charge in [-0.15, -0.1) is 0 Å². The van der Waals surface area contributed by atoms with Gasteiger partial charge >= 0.3 is 0 Å². The van der Waals surface area contributed by atoms with Crippen LogP contribution >= 0.6 is 23.2 Å². The molecular weight excluding hydrogens is 313 g/mol. The van der Waals surface area contributed by atoms with Crippen LogP contribution in [0.4, 0.5) is 0 Å². The number of hydrogen-bond donors (Lipinski definition) is 2. The summed E-state index contributed by atoms with van der Waals surface area (Å²) < 4.78 is 5.41. The Bertz CT molecular complexity index is 530. The van der Waals surface area contributed by atoms with Gasteiger partial charge in [0.2, 0.25) is 0 Å². The third kappa shape index (κ3) is 3.01. The molecule has 2 saturated heterocycles. The summed E-state index contributed by atoms with van der Waals surface area (Å²) in [6.45, 7) is 3.49. The van der Waals surface area contributed by atoms with Gasteiger partial charge < -0.3 is 14.9 Å². The van der Waals surface area contributed by atoms with Crippen LogP contribution in [-0.2, 0) is 11.3 Å². The van der Waals surface area contributed by atoms with Crippen LogP contribution in [0.5, 0.6) is 5.75 Å². The highest BCUT2D eigenvalue weighted by molar-refractivity contribution is 6.42. The Morgan fingerprint density at radius 2 is 1.90 bits per heavy atom. The van der Waals surface area contributed by atoms with Gasteiger partial charge in [-0.25, -0.2) is 0 Å². The molecule has 0 aliphatic carbocycles. The van der Waals surface area contributed by atoms with Gasteiger partial charge in [-0.1, -0.05) is 23.2 Å². The van der Waals surface area contributed by atoms with E-state index in [1.165, 1.54) is 6.07 Å². The number of benzene rings is 1. The fraction of sp³-hybridized carbons (Fsp3) is 0.600. The van der Waals surface area contributed by atoms with Crippen LogP contribution in [0.1, 0.15) is 18.4 Å². The molecule has 0 amide bonds. The van der Waals surface area contributed by atoms with E-state index in [1.54, 1.807) is 6.07 Å². The van der Waals surface area contributed by atoms with Crippen LogP contribution in [0, 0.1) is 5.41 Å². The predicted octanol–water partition coefficient (Wildman–Crippen LogP) is 2.67.